The van der Waals surface area contributed by atoms with E-state index in [1.165, 1.54) is 7.11 Å². The molecule has 0 bridgehead atoms. The molecule has 3 aliphatic carbocycles. The number of carboxylic acid groups (broad SMARTS) is 1. The van der Waals surface area contributed by atoms with E-state index in [9.17, 15) is 14.4 Å². The van der Waals surface area contributed by atoms with E-state index in [2.05, 4.69) is 20.8 Å². The second-order valence-electron chi connectivity index (χ2n) is 10.5. The first-order chi connectivity index (χ1) is 13.5. The Bertz CT molecular complexity index is 674. The maximum atomic E-state index is 12.4. The highest BCUT2D eigenvalue weighted by Gasteiger charge is 2.59. The van der Waals surface area contributed by atoms with Gasteiger partial charge >= 0.3 is 17.9 Å². The fourth-order valence-corrected chi connectivity index (χ4v) is 7.07. The number of carboxylic acids is 1. The smallest absolute Gasteiger partial charge is 0.311 e. The van der Waals surface area contributed by atoms with Gasteiger partial charge in [0.05, 0.1) is 25.4 Å². The summed E-state index contributed by atoms with van der Waals surface area (Å²) >= 11 is 0. The molecular formula is C23H36O6. The van der Waals surface area contributed by atoms with Crippen LogP contribution in [0.2, 0.25) is 0 Å². The predicted octanol–water partition coefficient (Wildman–Crippen LogP) is 4.35. The minimum absolute atomic E-state index is 0.0550. The van der Waals surface area contributed by atoms with Crippen LogP contribution in [0.25, 0.3) is 0 Å². The minimum atomic E-state index is -0.971. The van der Waals surface area contributed by atoms with Gasteiger partial charge in [-0.05, 0) is 81.0 Å². The van der Waals surface area contributed by atoms with Gasteiger partial charge in [-0.2, -0.15) is 0 Å². The van der Waals surface area contributed by atoms with Crippen molar-refractivity contribution in [2.75, 3.05) is 7.11 Å². The monoisotopic (exact) mass is 408 g/mol. The SMILES string of the molecule is COC(=O)[C@@]1(C)CC[C@H]2[C@@](C)(CC[C@@H]3C[C@H](OC(=O)CCC(=O)O)CC[C@@]32C)C1. The molecule has 0 amide bonds. The van der Waals surface area contributed by atoms with E-state index in [1.807, 2.05) is 0 Å². The van der Waals surface area contributed by atoms with Gasteiger partial charge in [-0.3, -0.25) is 14.4 Å². The fraction of sp³-hybridized carbons (Fsp3) is 0.870. The van der Waals surface area contributed by atoms with Gasteiger partial charge in [-0.15, -0.1) is 0 Å². The van der Waals surface area contributed by atoms with Gasteiger partial charge in [-0.25, -0.2) is 0 Å². The number of esters is 2. The second-order valence-corrected chi connectivity index (χ2v) is 10.5. The molecule has 3 aliphatic rings. The standard InChI is InChI=1S/C23H36O6/c1-21-10-7-15-13-16(29-19(26)6-5-18(24)25)8-12-23(15,3)17(21)9-11-22(2,14-21)20(27)28-4/h15-17H,5-14H2,1-4H3,(H,24,25)/t15-,16-,17+,21+,22+,23+/m1/s1. The first kappa shape index (κ1) is 22.1. The molecule has 0 aromatic heterocycles. The van der Waals surface area contributed by atoms with Crippen LogP contribution in [-0.4, -0.2) is 36.2 Å². The highest BCUT2D eigenvalue weighted by Crippen LogP contribution is 2.66. The van der Waals surface area contributed by atoms with Gasteiger partial charge in [0.15, 0.2) is 0 Å². The summed E-state index contributed by atoms with van der Waals surface area (Å²) in [6.45, 7) is 6.82. The lowest BCUT2D eigenvalue weighted by atomic mass is 9.42. The first-order valence-corrected chi connectivity index (χ1v) is 11.0. The summed E-state index contributed by atoms with van der Waals surface area (Å²) in [6, 6.07) is 0. The number of rotatable bonds is 5. The molecule has 0 spiro atoms. The molecule has 0 radical (unpaired) electrons. The molecule has 3 saturated carbocycles. The zero-order valence-electron chi connectivity index (χ0n) is 18.3. The third-order valence-electron chi connectivity index (χ3n) is 8.48. The summed E-state index contributed by atoms with van der Waals surface area (Å²) in [4.78, 5) is 35.0. The van der Waals surface area contributed by atoms with E-state index in [4.69, 9.17) is 14.6 Å². The largest absolute Gasteiger partial charge is 0.481 e. The molecule has 6 nitrogen and oxygen atoms in total. The molecule has 164 valence electrons. The Morgan fingerprint density at radius 1 is 1.00 bits per heavy atom. The zero-order valence-corrected chi connectivity index (χ0v) is 18.3. The van der Waals surface area contributed by atoms with Crippen LogP contribution in [0.4, 0.5) is 0 Å². The van der Waals surface area contributed by atoms with Crippen molar-refractivity contribution < 1.29 is 29.0 Å². The van der Waals surface area contributed by atoms with Crippen LogP contribution in [-0.2, 0) is 23.9 Å². The molecule has 1 N–H and O–H groups in total. The second kappa shape index (κ2) is 7.92. The molecule has 0 saturated heterocycles. The van der Waals surface area contributed by atoms with Gasteiger partial charge in [-0.1, -0.05) is 13.8 Å². The van der Waals surface area contributed by atoms with E-state index >= 15 is 0 Å². The fourth-order valence-electron chi connectivity index (χ4n) is 7.07. The molecule has 0 heterocycles. The molecule has 3 fully saturated rings. The number of carbonyl (C=O) groups is 3. The third-order valence-corrected chi connectivity index (χ3v) is 8.48. The number of hydrogen-bond donors (Lipinski definition) is 1. The molecule has 6 atom stereocenters. The van der Waals surface area contributed by atoms with Crippen LogP contribution in [0.5, 0.6) is 0 Å². The summed E-state index contributed by atoms with van der Waals surface area (Å²) in [6.07, 6.45) is 7.37. The van der Waals surface area contributed by atoms with E-state index < -0.39 is 11.9 Å². The van der Waals surface area contributed by atoms with Gasteiger partial charge < -0.3 is 14.6 Å². The number of hydrogen-bond acceptors (Lipinski definition) is 5. The van der Waals surface area contributed by atoms with E-state index in [0.29, 0.717) is 11.8 Å². The topological polar surface area (TPSA) is 89.9 Å². The Labute approximate surface area is 173 Å². The van der Waals surface area contributed by atoms with Crippen molar-refractivity contribution in [2.24, 2.45) is 28.1 Å². The summed E-state index contributed by atoms with van der Waals surface area (Å²) < 4.78 is 10.7. The van der Waals surface area contributed by atoms with Crippen molar-refractivity contribution in [2.45, 2.75) is 91.1 Å². The van der Waals surface area contributed by atoms with Gasteiger partial charge in [0.2, 0.25) is 0 Å². The van der Waals surface area contributed by atoms with Crippen LogP contribution in [0, 0.1) is 28.1 Å². The summed E-state index contributed by atoms with van der Waals surface area (Å²) in [5, 5.41) is 8.74. The molecule has 0 aliphatic heterocycles. The molecule has 3 rings (SSSR count). The average Bonchev–Trinajstić information content (AvgIpc) is 2.65. The quantitative estimate of drug-likeness (QED) is 0.680. The van der Waals surface area contributed by atoms with Gasteiger partial charge in [0.25, 0.3) is 0 Å². The van der Waals surface area contributed by atoms with Crippen molar-refractivity contribution in [1.29, 1.82) is 0 Å². The van der Waals surface area contributed by atoms with Crippen LogP contribution in [0.15, 0.2) is 0 Å². The molecule has 29 heavy (non-hydrogen) atoms. The Morgan fingerprint density at radius 2 is 1.72 bits per heavy atom. The number of ether oxygens (including phenoxy) is 2. The maximum Gasteiger partial charge on any atom is 0.311 e. The minimum Gasteiger partial charge on any atom is -0.481 e. The number of aliphatic carboxylic acids is 1. The molecule has 0 aromatic rings. The van der Waals surface area contributed by atoms with Crippen molar-refractivity contribution >= 4 is 17.9 Å². The van der Waals surface area contributed by atoms with Crippen LogP contribution < -0.4 is 0 Å². The van der Waals surface area contributed by atoms with E-state index in [0.717, 1.165) is 51.4 Å². The molecule has 6 heteroatoms. The number of methoxy groups -OCH3 is 1. The van der Waals surface area contributed by atoms with Crippen LogP contribution in [0.1, 0.15) is 85.0 Å². The maximum absolute atomic E-state index is 12.4. The highest BCUT2D eigenvalue weighted by atomic mass is 16.5. The lowest BCUT2D eigenvalue weighted by Gasteiger charge is -2.62. The molecule has 0 unspecified atom stereocenters. The van der Waals surface area contributed by atoms with Gasteiger partial charge in [0, 0.05) is 0 Å². The van der Waals surface area contributed by atoms with Crippen molar-refractivity contribution in [1.82, 2.24) is 0 Å². The summed E-state index contributed by atoms with van der Waals surface area (Å²) in [5.74, 6) is -0.375. The lowest BCUT2D eigenvalue weighted by molar-refractivity contribution is -0.177. The molecular weight excluding hydrogens is 372 g/mol. The Balaban J connectivity index is 1.66. The van der Waals surface area contributed by atoms with Crippen LogP contribution in [0.3, 0.4) is 0 Å². The summed E-state index contributed by atoms with van der Waals surface area (Å²) in [5.41, 5.74) is -0.0497. The van der Waals surface area contributed by atoms with Crippen LogP contribution >= 0.6 is 0 Å². The summed E-state index contributed by atoms with van der Waals surface area (Å²) in [7, 11) is 1.49. The number of fused-ring (bicyclic) bond motifs is 3. The van der Waals surface area contributed by atoms with Gasteiger partial charge in [0.1, 0.15) is 6.10 Å². The van der Waals surface area contributed by atoms with Crippen molar-refractivity contribution in [3.05, 3.63) is 0 Å². The third kappa shape index (κ3) is 4.17. The van der Waals surface area contributed by atoms with E-state index in [-0.39, 0.29) is 41.2 Å². The Hall–Kier alpha value is -1.59. The highest BCUT2D eigenvalue weighted by molar-refractivity contribution is 5.77. The average molecular weight is 409 g/mol. The van der Waals surface area contributed by atoms with Crippen molar-refractivity contribution in [3.63, 3.8) is 0 Å². The van der Waals surface area contributed by atoms with E-state index in [1.54, 1.807) is 0 Å². The first-order valence-electron chi connectivity index (χ1n) is 11.0. The van der Waals surface area contributed by atoms with Crippen molar-refractivity contribution in [3.8, 4) is 0 Å². The normalized spacial score (nSPS) is 41.6. The zero-order chi connectivity index (χ0) is 21.4. The Kier molecular flexibility index (Phi) is 6.03. The predicted molar refractivity (Wildman–Crippen MR) is 107 cm³/mol. The molecule has 0 aromatic carbocycles. The Morgan fingerprint density at radius 3 is 2.38 bits per heavy atom. The number of carbonyl (C=O) groups excluding carboxylic acids is 2. The lowest BCUT2D eigenvalue weighted by Crippen LogP contribution is -2.56.